The Bertz CT molecular complexity index is 183. The van der Waals surface area contributed by atoms with E-state index in [4.69, 9.17) is 5.73 Å². The van der Waals surface area contributed by atoms with Crippen LogP contribution in [0.5, 0.6) is 0 Å². The lowest BCUT2D eigenvalue weighted by atomic mass is 10.1. The first-order valence-electron chi connectivity index (χ1n) is 5.87. The predicted molar refractivity (Wildman–Crippen MR) is 60.2 cm³/mol. The zero-order chi connectivity index (χ0) is 12.8. The Morgan fingerprint density at radius 2 is 1.81 bits per heavy atom. The summed E-state index contributed by atoms with van der Waals surface area (Å²) in [4.78, 5) is 1.49. The van der Waals surface area contributed by atoms with Crippen molar-refractivity contribution in [2.24, 2.45) is 11.7 Å². The lowest BCUT2D eigenvalue weighted by Gasteiger charge is -2.33. The molecule has 0 amide bonds. The van der Waals surface area contributed by atoms with E-state index >= 15 is 0 Å². The number of rotatable bonds is 7. The summed E-state index contributed by atoms with van der Waals surface area (Å²) in [6.07, 6.45) is -3.31. The van der Waals surface area contributed by atoms with E-state index < -0.39 is 12.2 Å². The largest absolute Gasteiger partial charge is 0.404 e. The van der Waals surface area contributed by atoms with Gasteiger partial charge in [0.2, 0.25) is 0 Å². The average Bonchev–Trinajstić information content (AvgIpc) is 2.21. The van der Waals surface area contributed by atoms with Crippen LogP contribution in [-0.4, -0.2) is 36.8 Å². The molecule has 0 aliphatic carbocycles. The standard InChI is InChI=1S/C11H23F3N2/c1-4-9(3)8-16(5-2)10(6-7-15)11(12,13)14/h9-10H,4-8,15H2,1-3H3. The Labute approximate surface area is 96.0 Å². The second kappa shape index (κ2) is 7.12. The molecule has 2 unspecified atom stereocenters. The molecule has 16 heavy (non-hydrogen) atoms. The molecule has 0 aromatic rings. The lowest BCUT2D eigenvalue weighted by molar-refractivity contribution is -0.185. The average molecular weight is 240 g/mol. The van der Waals surface area contributed by atoms with Gasteiger partial charge in [-0.05, 0) is 25.4 Å². The summed E-state index contributed by atoms with van der Waals surface area (Å²) in [5.41, 5.74) is 5.26. The van der Waals surface area contributed by atoms with Crippen LogP contribution in [0.2, 0.25) is 0 Å². The van der Waals surface area contributed by atoms with Gasteiger partial charge in [-0.2, -0.15) is 13.2 Å². The third-order valence-electron chi connectivity index (χ3n) is 2.91. The van der Waals surface area contributed by atoms with Gasteiger partial charge in [0.05, 0.1) is 0 Å². The van der Waals surface area contributed by atoms with E-state index in [0.29, 0.717) is 13.1 Å². The first-order valence-corrected chi connectivity index (χ1v) is 5.87. The zero-order valence-electron chi connectivity index (χ0n) is 10.3. The van der Waals surface area contributed by atoms with E-state index in [1.807, 2.05) is 13.8 Å². The molecule has 0 saturated carbocycles. The molecular formula is C11H23F3N2. The molecule has 2 N–H and O–H groups in total. The van der Waals surface area contributed by atoms with Crippen LogP contribution in [0.3, 0.4) is 0 Å². The van der Waals surface area contributed by atoms with Gasteiger partial charge < -0.3 is 5.73 Å². The first kappa shape index (κ1) is 15.7. The third kappa shape index (κ3) is 5.16. The molecule has 0 rings (SSSR count). The van der Waals surface area contributed by atoms with Crippen molar-refractivity contribution < 1.29 is 13.2 Å². The van der Waals surface area contributed by atoms with Crippen LogP contribution >= 0.6 is 0 Å². The maximum Gasteiger partial charge on any atom is 0.404 e. The summed E-state index contributed by atoms with van der Waals surface area (Å²) >= 11 is 0. The van der Waals surface area contributed by atoms with E-state index in [1.54, 1.807) is 6.92 Å². The summed E-state index contributed by atoms with van der Waals surface area (Å²) in [7, 11) is 0. The Hall–Kier alpha value is -0.290. The minimum absolute atomic E-state index is 0.0201. The highest BCUT2D eigenvalue weighted by molar-refractivity contribution is 4.79. The molecule has 0 aliphatic heterocycles. The molecule has 0 saturated heterocycles. The second-order valence-electron chi connectivity index (χ2n) is 4.24. The van der Waals surface area contributed by atoms with Gasteiger partial charge in [0.25, 0.3) is 0 Å². The number of nitrogens with zero attached hydrogens (tertiary/aromatic N) is 1. The van der Waals surface area contributed by atoms with Gasteiger partial charge >= 0.3 is 6.18 Å². The molecule has 0 aliphatic rings. The van der Waals surface area contributed by atoms with Crippen molar-refractivity contribution in [3.05, 3.63) is 0 Å². The normalized spacial score (nSPS) is 16.5. The van der Waals surface area contributed by atoms with Crippen LogP contribution in [0.1, 0.15) is 33.6 Å². The Balaban J connectivity index is 4.58. The first-order chi connectivity index (χ1) is 7.36. The molecule has 0 aromatic heterocycles. The molecule has 2 nitrogen and oxygen atoms in total. The van der Waals surface area contributed by atoms with E-state index in [0.717, 1.165) is 6.42 Å². The van der Waals surface area contributed by atoms with Crippen LogP contribution in [0.4, 0.5) is 13.2 Å². The van der Waals surface area contributed by atoms with E-state index in [1.165, 1.54) is 4.90 Å². The second-order valence-corrected chi connectivity index (χ2v) is 4.24. The quantitative estimate of drug-likeness (QED) is 0.741. The van der Waals surface area contributed by atoms with E-state index in [9.17, 15) is 13.2 Å². The van der Waals surface area contributed by atoms with Crippen LogP contribution in [-0.2, 0) is 0 Å². The lowest BCUT2D eigenvalue weighted by Crippen LogP contribution is -2.48. The summed E-state index contributed by atoms with van der Waals surface area (Å²) in [5, 5.41) is 0. The zero-order valence-corrected chi connectivity index (χ0v) is 10.3. The monoisotopic (exact) mass is 240 g/mol. The van der Waals surface area contributed by atoms with Crippen molar-refractivity contribution >= 4 is 0 Å². The molecule has 98 valence electrons. The van der Waals surface area contributed by atoms with Crippen molar-refractivity contribution in [3.8, 4) is 0 Å². The highest BCUT2D eigenvalue weighted by atomic mass is 19.4. The van der Waals surface area contributed by atoms with Gasteiger partial charge in [-0.3, -0.25) is 4.90 Å². The number of hydrogen-bond donors (Lipinski definition) is 1. The molecular weight excluding hydrogens is 217 g/mol. The Morgan fingerprint density at radius 1 is 1.25 bits per heavy atom. The topological polar surface area (TPSA) is 29.3 Å². The van der Waals surface area contributed by atoms with Crippen LogP contribution < -0.4 is 5.73 Å². The molecule has 0 aromatic carbocycles. The van der Waals surface area contributed by atoms with Crippen molar-refractivity contribution in [2.75, 3.05) is 19.6 Å². The SMILES string of the molecule is CCC(C)CN(CC)C(CCN)C(F)(F)F. The van der Waals surface area contributed by atoms with Crippen molar-refractivity contribution in [1.29, 1.82) is 0 Å². The fourth-order valence-corrected chi connectivity index (χ4v) is 1.72. The maximum atomic E-state index is 12.8. The van der Waals surface area contributed by atoms with Crippen LogP contribution in [0, 0.1) is 5.92 Å². The van der Waals surface area contributed by atoms with Gasteiger partial charge in [0, 0.05) is 6.54 Å². The third-order valence-corrected chi connectivity index (χ3v) is 2.91. The minimum atomic E-state index is -4.18. The fraction of sp³-hybridized carbons (Fsp3) is 1.00. The summed E-state index contributed by atoms with van der Waals surface area (Å²) < 4.78 is 38.4. The summed E-state index contributed by atoms with van der Waals surface area (Å²) in [5.74, 6) is 0.280. The van der Waals surface area contributed by atoms with Crippen LogP contribution in [0.25, 0.3) is 0 Å². The van der Waals surface area contributed by atoms with Crippen molar-refractivity contribution in [1.82, 2.24) is 4.90 Å². The molecule has 0 radical (unpaired) electrons. The molecule has 5 heteroatoms. The van der Waals surface area contributed by atoms with Gasteiger partial charge in [-0.25, -0.2) is 0 Å². The smallest absolute Gasteiger partial charge is 0.330 e. The fourth-order valence-electron chi connectivity index (χ4n) is 1.72. The highest BCUT2D eigenvalue weighted by Crippen LogP contribution is 2.27. The highest BCUT2D eigenvalue weighted by Gasteiger charge is 2.42. The molecule has 0 fully saturated rings. The minimum Gasteiger partial charge on any atom is -0.330 e. The van der Waals surface area contributed by atoms with E-state index in [-0.39, 0.29) is 18.9 Å². The number of alkyl halides is 3. The van der Waals surface area contributed by atoms with Gasteiger partial charge in [0.1, 0.15) is 6.04 Å². The van der Waals surface area contributed by atoms with Gasteiger partial charge in [-0.1, -0.05) is 27.2 Å². The number of halogens is 3. The van der Waals surface area contributed by atoms with Crippen LogP contribution in [0.15, 0.2) is 0 Å². The molecule has 0 bridgehead atoms. The predicted octanol–water partition coefficient (Wildman–Crippen LogP) is 2.63. The van der Waals surface area contributed by atoms with Gasteiger partial charge in [-0.15, -0.1) is 0 Å². The molecule has 0 spiro atoms. The van der Waals surface area contributed by atoms with Crippen molar-refractivity contribution in [2.45, 2.75) is 45.8 Å². The number of nitrogens with two attached hydrogens (primary N) is 1. The maximum absolute atomic E-state index is 12.8. The van der Waals surface area contributed by atoms with Gasteiger partial charge in [0.15, 0.2) is 0 Å². The Kier molecular flexibility index (Phi) is 6.99. The Morgan fingerprint density at radius 3 is 2.12 bits per heavy atom. The number of hydrogen-bond acceptors (Lipinski definition) is 2. The van der Waals surface area contributed by atoms with E-state index in [2.05, 4.69) is 0 Å². The van der Waals surface area contributed by atoms with Crippen molar-refractivity contribution in [3.63, 3.8) is 0 Å². The molecule has 2 atom stereocenters. The summed E-state index contributed by atoms with van der Waals surface area (Å²) in [6, 6.07) is -1.39. The molecule has 0 heterocycles. The summed E-state index contributed by atoms with van der Waals surface area (Å²) in [6.45, 7) is 6.69.